The smallest absolute Gasteiger partial charge is 0.0606 e. The minimum Gasteiger partial charge on any atom is -0.169 e. The van der Waals surface area contributed by atoms with E-state index in [4.69, 9.17) is 0 Å². The average Bonchev–Trinajstić information content (AvgIpc) is 1.46. The quantitative estimate of drug-likeness (QED) is 0.400. The SMILES string of the molecule is CSC.[B]C. The number of thioether (sulfide) groups is 1. The highest BCUT2D eigenvalue weighted by Crippen LogP contribution is 1.70. The van der Waals surface area contributed by atoms with Gasteiger partial charge in [-0.25, -0.2) is 0 Å². The van der Waals surface area contributed by atoms with Crippen molar-refractivity contribution in [2.24, 2.45) is 0 Å². The van der Waals surface area contributed by atoms with Crippen molar-refractivity contribution in [3.8, 4) is 0 Å². The zero-order valence-corrected chi connectivity index (χ0v) is 4.80. The highest BCUT2D eigenvalue weighted by molar-refractivity contribution is 7.97. The van der Waals surface area contributed by atoms with Crippen molar-refractivity contribution >= 4 is 19.6 Å². The van der Waals surface area contributed by atoms with Crippen molar-refractivity contribution in [1.82, 2.24) is 0 Å². The zero-order chi connectivity index (χ0) is 4.71. The van der Waals surface area contributed by atoms with E-state index in [2.05, 4.69) is 7.85 Å². The average molecular weight is 88.0 g/mol. The molecule has 30 valence electrons. The Kier molecular flexibility index (Phi) is 46.6. The first-order valence-electron chi connectivity index (χ1n) is 1.39. The van der Waals surface area contributed by atoms with Gasteiger partial charge in [0.1, 0.15) is 0 Å². The number of hydrogen-bond acceptors (Lipinski definition) is 1. The van der Waals surface area contributed by atoms with Gasteiger partial charge < -0.3 is 0 Å². The highest BCUT2D eigenvalue weighted by atomic mass is 32.2. The number of rotatable bonds is 0. The lowest BCUT2D eigenvalue weighted by atomic mass is 10.2. The third kappa shape index (κ3) is 150. The summed E-state index contributed by atoms with van der Waals surface area (Å²) in [5.74, 6) is 0. The van der Waals surface area contributed by atoms with Crippen molar-refractivity contribution < 1.29 is 0 Å². The molecular weight excluding hydrogens is 78.9 g/mol. The van der Waals surface area contributed by atoms with Crippen LogP contribution in [0.4, 0.5) is 0 Å². The Morgan fingerprint density at radius 2 is 1.20 bits per heavy atom. The molecule has 0 fully saturated rings. The van der Waals surface area contributed by atoms with Crippen LogP contribution in [0.2, 0.25) is 6.82 Å². The fourth-order valence-electron chi connectivity index (χ4n) is 0. The first-order valence-corrected chi connectivity index (χ1v) is 3.03. The van der Waals surface area contributed by atoms with Crippen molar-refractivity contribution in [3.05, 3.63) is 0 Å². The van der Waals surface area contributed by atoms with Crippen LogP contribution in [0.3, 0.4) is 0 Å². The third-order valence-electron chi connectivity index (χ3n) is 0. The minimum atomic E-state index is 1.50. The maximum Gasteiger partial charge on any atom is 0.0606 e. The van der Waals surface area contributed by atoms with Crippen LogP contribution in [0.5, 0.6) is 0 Å². The first kappa shape index (κ1) is 9.05. The minimum absolute atomic E-state index is 1.50. The van der Waals surface area contributed by atoms with Gasteiger partial charge in [0.2, 0.25) is 0 Å². The molecule has 0 unspecified atom stereocenters. The maximum absolute atomic E-state index is 4.50. The Hall–Kier alpha value is 0.415. The second-order valence-electron chi connectivity index (χ2n) is 0.408. The molecule has 0 aliphatic carbocycles. The monoisotopic (exact) mass is 88.1 g/mol. The standard InChI is InChI=1S/C2H6S.CH3B/c1-3-2;1-2/h1-2H3;1H3. The molecule has 0 atom stereocenters. The van der Waals surface area contributed by atoms with E-state index >= 15 is 0 Å². The van der Waals surface area contributed by atoms with Crippen molar-refractivity contribution in [3.63, 3.8) is 0 Å². The van der Waals surface area contributed by atoms with Gasteiger partial charge in [0.25, 0.3) is 0 Å². The summed E-state index contributed by atoms with van der Waals surface area (Å²) in [7, 11) is 4.50. The van der Waals surface area contributed by atoms with Crippen LogP contribution in [0.15, 0.2) is 0 Å². The molecule has 2 heteroatoms. The van der Waals surface area contributed by atoms with Crippen LogP contribution in [0.25, 0.3) is 0 Å². The van der Waals surface area contributed by atoms with E-state index in [1.54, 1.807) is 11.8 Å². The lowest BCUT2D eigenvalue weighted by molar-refractivity contribution is 2.37. The van der Waals surface area contributed by atoms with Crippen LogP contribution in [0, 0.1) is 0 Å². The van der Waals surface area contributed by atoms with Gasteiger partial charge in [-0.1, -0.05) is 6.82 Å². The summed E-state index contributed by atoms with van der Waals surface area (Å²) in [6, 6.07) is 0. The Morgan fingerprint density at radius 3 is 1.20 bits per heavy atom. The molecule has 0 nitrogen and oxygen atoms in total. The van der Waals surface area contributed by atoms with Gasteiger partial charge in [-0.05, 0) is 12.5 Å². The van der Waals surface area contributed by atoms with Gasteiger partial charge in [-0.3, -0.25) is 0 Å². The molecule has 0 aromatic rings. The van der Waals surface area contributed by atoms with Crippen molar-refractivity contribution in [2.75, 3.05) is 12.5 Å². The number of hydrogen-bond donors (Lipinski definition) is 0. The van der Waals surface area contributed by atoms with E-state index in [0.717, 1.165) is 0 Å². The van der Waals surface area contributed by atoms with Crippen LogP contribution in [-0.2, 0) is 0 Å². The molecule has 0 heterocycles. The Labute approximate surface area is 39.7 Å². The molecule has 0 aliphatic rings. The van der Waals surface area contributed by atoms with E-state index in [0.29, 0.717) is 0 Å². The molecule has 0 amide bonds. The van der Waals surface area contributed by atoms with Gasteiger partial charge in [0, 0.05) is 0 Å². The second kappa shape index (κ2) is 25.7. The summed E-state index contributed by atoms with van der Waals surface area (Å²) in [6.07, 6.45) is 4.08. The van der Waals surface area contributed by atoms with Crippen LogP contribution in [0.1, 0.15) is 0 Å². The molecular formula is C3H9BS. The van der Waals surface area contributed by atoms with Gasteiger partial charge in [-0.2, -0.15) is 11.8 Å². The van der Waals surface area contributed by atoms with Crippen LogP contribution < -0.4 is 0 Å². The fourth-order valence-corrected chi connectivity index (χ4v) is 0. The normalized spacial score (nSPS) is 4.60. The lowest BCUT2D eigenvalue weighted by Gasteiger charge is -1.51. The van der Waals surface area contributed by atoms with E-state index in [9.17, 15) is 0 Å². The molecule has 0 spiro atoms. The van der Waals surface area contributed by atoms with Crippen molar-refractivity contribution in [2.45, 2.75) is 6.82 Å². The summed E-state index contributed by atoms with van der Waals surface area (Å²) >= 11 is 1.75. The molecule has 5 heavy (non-hydrogen) atoms. The molecule has 0 saturated heterocycles. The van der Waals surface area contributed by atoms with Gasteiger partial charge in [0.15, 0.2) is 0 Å². The molecule has 0 saturated carbocycles. The van der Waals surface area contributed by atoms with Gasteiger partial charge in [-0.15, -0.1) is 0 Å². The largest absolute Gasteiger partial charge is 0.169 e. The molecule has 0 aromatic heterocycles. The third-order valence-corrected chi connectivity index (χ3v) is 0. The Morgan fingerprint density at radius 1 is 1.20 bits per heavy atom. The van der Waals surface area contributed by atoms with Crippen molar-refractivity contribution in [1.29, 1.82) is 0 Å². The molecule has 0 bridgehead atoms. The predicted octanol–water partition coefficient (Wildman–Crippen LogP) is 1.18. The second-order valence-corrected chi connectivity index (χ2v) is 1.22. The van der Waals surface area contributed by atoms with E-state index in [1.165, 1.54) is 6.82 Å². The summed E-state index contributed by atoms with van der Waals surface area (Å²) < 4.78 is 0. The molecule has 0 aliphatic heterocycles. The summed E-state index contributed by atoms with van der Waals surface area (Å²) in [5, 5.41) is 0. The summed E-state index contributed by atoms with van der Waals surface area (Å²) in [4.78, 5) is 0. The Balaban J connectivity index is 0. The molecule has 0 N–H and O–H groups in total. The Bertz CT molecular complexity index is 6.85. The van der Waals surface area contributed by atoms with Gasteiger partial charge >= 0.3 is 0 Å². The maximum atomic E-state index is 4.50. The predicted molar refractivity (Wildman–Crippen MR) is 31.1 cm³/mol. The summed E-state index contributed by atoms with van der Waals surface area (Å²) in [6.45, 7) is 1.50. The van der Waals surface area contributed by atoms with Gasteiger partial charge in [0.05, 0.1) is 7.85 Å². The van der Waals surface area contributed by atoms with E-state index in [-0.39, 0.29) is 0 Å². The molecule has 2 radical (unpaired) electrons. The topological polar surface area (TPSA) is 0 Å². The lowest BCUT2D eigenvalue weighted by Crippen LogP contribution is -1.25. The van der Waals surface area contributed by atoms with E-state index in [1.807, 2.05) is 12.5 Å². The highest BCUT2D eigenvalue weighted by Gasteiger charge is 1.32. The molecule has 0 rings (SSSR count). The zero-order valence-electron chi connectivity index (χ0n) is 3.99. The molecule has 0 aromatic carbocycles. The van der Waals surface area contributed by atoms with Crippen LogP contribution >= 0.6 is 11.8 Å². The fraction of sp³-hybridized carbons (Fsp3) is 1.00. The summed E-state index contributed by atoms with van der Waals surface area (Å²) in [5.41, 5.74) is 0. The van der Waals surface area contributed by atoms with E-state index < -0.39 is 0 Å². The first-order chi connectivity index (χ1) is 2.41. The van der Waals surface area contributed by atoms with Crippen LogP contribution in [-0.4, -0.2) is 20.4 Å².